The number of rotatable bonds is 4. The van der Waals surface area contributed by atoms with Gasteiger partial charge in [-0.3, -0.25) is 9.59 Å². The van der Waals surface area contributed by atoms with E-state index in [0.717, 1.165) is 48.8 Å². The third-order valence-electron chi connectivity index (χ3n) is 4.51. The molecule has 4 nitrogen and oxygen atoms in total. The zero-order valence-electron chi connectivity index (χ0n) is 12.8. The molecule has 0 spiro atoms. The summed E-state index contributed by atoms with van der Waals surface area (Å²) in [6, 6.07) is 7.60. The second kappa shape index (κ2) is 6.34. The second-order valence-electron chi connectivity index (χ2n) is 6.22. The summed E-state index contributed by atoms with van der Waals surface area (Å²) < 4.78 is 7.39. The fourth-order valence-electron chi connectivity index (χ4n) is 3.21. The predicted octanol–water partition coefficient (Wildman–Crippen LogP) is 3.58. The van der Waals surface area contributed by atoms with Crippen LogP contribution < -0.4 is 0 Å². The highest BCUT2D eigenvalue weighted by Crippen LogP contribution is 2.26. The van der Waals surface area contributed by atoms with Gasteiger partial charge in [0.1, 0.15) is 12.6 Å². The summed E-state index contributed by atoms with van der Waals surface area (Å²) in [5.74, 6) is 0.510. The molecule has 1 aliphatic carbocycles. The van der Waals surface area contributed by atoms with Gasteiger partial charge < -0.3 is 9.30 Å². The van der Waals surface area contributed by atoms with Crippen LogP contribution in [-0.4, -0.2) is 22.9 Å². The molecule has 1 aromatic heterocycles. The molecule has 1 aliphatic rings. The van der Waals surface area contributed by atoms with E-state index in [1.54, 1.807) is 10.8 Å². The van der Waals surface area contributed by atoms with E-state index >= 15 is 0 Å². The Morgan fingerprint density at radius 3 is 2.73 bits per heavy atom. The van der Waals surface area contributed by atoms with Gasteiger partial charge in [-0.2, -0.15) is 0 Å². The third-order valence-corrected chi connectivity index (χ3v) is 4.51. The van der Waals surface area contributed by atoms with E-state index in [4.69, 9.17) is 4.74 Å². The first-order chi connectivity index (χ1) is 10.7. The smallest absolute Gasteiger partial charge is 0.326 e. The van der Waals surface area contributed by atoms with Crippen LogP contribution in [0.25, 0.3) is 10.9 Å². The van der Waals surface area contributed by atoms with Gasteiger partial charge in [0, 0.05) is 22.7 Å². The minimum absolute atomic E-state index is 0.0519. The average Bonchev–Trinajstić information content (AvgIpc) is 2.88. The van der Waals surface area contributed by atoms with Crippen molar-refractivity contribution in [3.63, 3.8) is 0 Å². The van der Waals surface area contributed by atoms with E-state index in [9.17, 15) is 9.59 Å². The lowest BCUT2D eigenvalue weighted by Gasteiger charge is -2.26. The van der Waals surface area contributed by atoms with Crippen LogP contribution in [0.5, 0.6) is 0 Å². The number of aromatic nitrogens is 1. The van der Waals surface area contributed by atoms with Crippen LogP contribution in [0.4, 0.5) is 0 Å². The lowest BCUT2D eigenvalue weighted by molar-refractivity contribution is -0.151. The van der Waals surface area contributed by atoms with E-state index in [1.807, 2.05) is 24.3 Å². The fourth-order valence-corrected chi connectivity index (χ4v) is 3.21. The molecule has 116 valence electrons. The number of hydrogen-bond donors (Lipinski definition) is 0. The molecule has 3 rings (SSSR count). The van der Waals surface area contributed by atoms with Crippen molar-refractivity contribution in [1.29, 1.82) is 0 Å². The van der Waals surface area contributed by atoms with Gasteiger partial charge >= 0.3 is 5.97 Å². The van der Waals surface area contributed by atoms with Crippen LogP contribution in [0.1, 0.15) is 43.0 Å². The molecule has 0 unspecified atom stereocenters. The fraction of sp³-hybridized carbons (Fsp3) is 0.444. The zero-order chi connectivity index (χ0) is 15.5. The maximum Gasteiger partial charge on any atom is 0.326 e. The minimum atomic E-state index is -0.224. The van der Waals surface area contributed by atoms with Crippen molar-refractivity contribution in [3.8, 4) is 0 Å². The first-order valence-corrected chi connectivity index (χ1v) is 7.90. The highest BCUT2D eigenvalue weighted by Gasteiger charge is 2.22. The highest BCUT2D eigenvalue weighted by molar-refractivity contribution is 5.98. The van der Waals surface area contributed by atoms with E-state index < -0.39 is 0 Å². The van der Waals surface area contributed by atoms with Gasteiger partial charge in [0.2, 0.25) is 0 Å². The second-order valence-corrected chi connectivity index (χ2v) is 6.22. The maximum atomic E-state index is 12.2. The number of esters is 1. The molecule has 0 aliphatic heterocycles. The van der Waals surface area contributed by atoms with Crippen molar-refractivity contribution in [2.24, 2.45) is 5.92 Å². The molecule has 0 bridgehead atoms. The Labute approximate surface area is 130 Å². The van der Waals surface area contributed by atoms with Crippen LogP contribution in [-0.2, 0) is 16.1 Å². The number of ether oxygens (including phenoxy) is 1. The van der Waals surface area contributed by atoms with Crippen LogP contribution in [0, 0.1) is 5.92 Å². The molecule has 4 heteroatoms. The monoisotopic (exact) mass is 299 g/mol. The Balaban J connectivity index is 1.70. The van der Waals surface area contributed by atoms with E-state index in [1.165, 1.54) is 0 Å². The molecular formula is C18H21NO3. The molecule has 0 radical (unpaired) electrons. The average molecular weight is 299 g/mol. The normalized spacial score (nSPS) is 21.7. The van der Waals surface area contributed by atoms with Gasteiger partial charge in [-0.05, 0) is 37.7 Å². The number of hydrogen-bond acceptors (Lipinski definition) is 3. The van der Waals surface area contributed by atoms with Crippen LogP contribution >= 0.6 is 0 Å². The predicted molar refractivity (Wildman–Crippen MR) is 84.8 cm³/mol. The number of carbonyl (C=O) groups is 2. The van der Waals surface area contributed by atoms with Crippen LogP contribution in [0.3, 0.4) is 0 Å². The Morgan fingerprint density at radius 1 is 1.27 bits per heavy atom. The number of benzene rings is 1. The number of nitrogens with zero attached hydrogens (tertiary/aromatic N) is 1. The van der Waals surface area contributed by atoms with Crippen molar-refractivity contribution in [2.45, 2.75) is 45.3 Å². The molecule has 1 fully saturated rings. The summed E-state index contributed by atoms with van der Waals surface area (Å²) >= 11 is 0. The van der Waals surface area contributed by atoms with Crippen molar-refractivity contribution in [3.05, 3.63) is 36.0 Å². The van der Waals surface area contributed by atoms with E-state index in [2.05, 4.69) is 6.92 Å². The quantitative estimate of drug-likeness (QED) is 0.640. The molecule has 0 saturated heterocycles. The summed E-state index contributed by atoms with van der Waals surface area (Å²) in [5.41, 5.74) is 1.49. The Hall–Kier alpha value is -2.10. The van der Waals surface area contributed by atoms with E-state index in [-0.39, 0.29) is 18.6 Å². The van der Waals surface area contributed by atoms with Gasteiger partial charge in [0.15, 0.2) is 6.29 Å². The summed E-state index contributed by atoms with van der Waals surface area (Å²) in [7, 11) is 0. The first-order valence-electron chi connectivity index (χ1n) is 7.90. The van der Waals surface area contributed by atoms with Crippen molar-refractivity contribution >= 4 is 23.2 Å². The topological polar surface area (TPSA) is 48.3 Å². The van der Waals surface area contributed by atoms with Crippen molar-refractivity contribution < 1.29 is 14.3 Å². The van der Waals surface area contributed by atoms with Crippen molar-refractivity contribution in [1.82, 2.24) is 4.57 Å². The largest absolute Gasteiger partial charge is 0.461 e. The molecular weight excluding hydrogens is 278 g/mol. The first kappa shape index (κ1) is 14.8. The SMILES string of the molecule is CC1CCC(OC(=O)Cn2cc(C=O)c3ccccc32)CC1. The lowest BCUT2D eigenvalue weighted by Crippen LogP contribution is -2.25. The third kappa shape index (κ3) is 3.06. The summed E-state index contributed by atoms with van der Waals surface area (Å²) in [4.78, 5) is 23.3. The number of fused-ring (bicyclic) bond motifs is 1. The van der Waals surface area contributed by atoms with Gasteiger partial charge in [-0.1, -0.05) is 25.1 Å². The molecule has 2 aromatic rings. The summed E-state index contributed by atoms with van der Waals surface area (Å²) in [6.07, 6.45) is 6.77. The van der Waals surface area contributed by atoms with Crippen LogP contribution in [0.2, 0.25) is 0 Å². The molecule has 1 aromatic carbocycles. The number of carbonyl (C=O) groups excluding carboxylic acids is 2. The van der Waals surface area contributed by atoms with Gasteiger partial charge in [-0.15, -0.1) is 0 Å². The molecule has 1 saturated carbocycles. The minimum Gasteiger partial charge on any atom is -0.461 e. The summed E-state index contributed by atoms with van der Waals surface area (Å²) in [6.45, 7) is 2.39. The zero-order valence-corrected chi connectivity index (χ0v) is 12.8. The molecule has 0 N–H and O–H groups in total. The van der Waals surface area contributed by atoms with E-state index in [0.29, 0.717) is 5.56 Å². The molecule has 22 heavy (non-hydrogen) atoms. The standard InChI is InChI=1S/C18H21NO3/c1-13-6-8-15(9-7-13)22-18(21)11-19-10-14(12-20)16-4-2-3-5-17(16)19/h2-5,10,12-13,15H,6-9,11H2,1H3. The highest BCUT2D eigenvalue weighted by atomic mass is 16.5. The Bertz CT molecular complexity index is 681. The van der Waals surface area contributed by atoms with Gasteiger partial charge in [0.25, 0.3) is 0 Å². The maximum absolute atomic E-state index is 12.2. The molecule has 0 atom stereocenters. The molecule has 1 heterocycles. The van der Waals surface area contributed by atoms with Gasteiger partial charge in [0.05, 0.1) is 0 Å². The molecule has 0 amide bonds. The lowest BCUT2D eigenvalue weighted by atomic mass is 9.89. The van der Waals surface area contributed by atoms with Crippen molar-refractivity contribution in [2.75, 3.05) is 0 Å². The Morgan fingerprint density at radius 2 is 2.00 bits per heavy atom. The van der Waals surface area contributed by atoms with Crippen LogP contribution in [0.15, 0.2) is 30.5 Å². The number of para-hydroxylation sites is 1. The Kier molecular flexibility index (Phi) is 4.27. The van der Waals surface area contributed by atoms with Gasteiger partial charge in [-0.25, -0.2) is 0 Å². The number of aldehydes is 1. The summed E-state index contributed by atoms with van der Waals surface area (Å²) in [5, 5.41) is 0.872.